The summed E-state index contributed by atoms with van der Waals surface area (Å²) in [7, 11) is 1.63. The summed E-state index contributed by atoms with van der Waals surface area (Å²) in [5.74, 6) is -1.26. The molecule has 3 aromatic rings. The van der Waals surface area contributed by atoms with Gasteiger partial charge in [-0.05, 0) is 67.6 Å². The fourth-order valence-corrected chi connectivity index (χ4v) is 4.73. The van der Waals surface area contributed by atoms with Crippen molar-refractivity contribution in [3.63, 3.8) is 0 Å². The van der Waals surface area contributed by atoms with Gasteiger partial charge in [0.25, 0.3) is 11.8 Å². The number of fused-ring (bicyclic) bond motifs is 2. The number of aromatic nitrogens is 4. The zero-order valence-corrected chi connectivity index (χ0v) is 24.3. The van der Waals surface area contributed by atoms with E-state index in [0.29, 0.717) is 23.4 Å². The molecule has 12 nitrogen and oxygen atoms in total. The van der Waals surface area contributed by atoms with E-state index in [1.807, 2.05) is 38.1 Å². The predicted molar refractivity (Wildman–Crippen MR) is 151 cm³/mol. The number of benzene rings is 2. The Hall–Kier alpha value is -4.19. The molecule has 0 saturated carbocycles. The number of tetrazole rings is 1. The van der Waals surface area contributed by atoms with Gasteiger partial charge in [0.15, 0.2) is 5.82 Å². The van der Waals surface area contributed by atoms with Crippen LogP contribution in [0.15, 0.2) is 36.4 Å². The maximum Gasteiger partial charge on any atom is 0.323 e. The second-order valence-electron chi connectivity index (χ2n) is 11.6. The number of aryl methyl sites for hydroxylation is 1. The van der Waals surface area contributed by atoms with Gasteiger partial charge in [-0.1, -0.05) is 38.1 Å². The normalized spacial score (nSPS) is 14.9. The molecule has 4 rings (SSSR count). The summed E-state index contributed by atoms with van der Waals surface area (Å²) < 4.78 is 5.65. The molecule has 0 spiro atoms. The Balaban J connectivity index is 1.51. The SMILES string of the molecule is CC(C)C[C@H](N[C@H](CCN1C(=O)c2cc3ccccc3cc2C1=O)C(=O)OC(C)(C)C)C(=O)NCc1nnn(C)n1. The van der Waals surface area contributed by atoms with Crippen LogP contribution in [0.2, 0.25) is 0 Å². The van der Waals surface area contributed by atoms with Crippen LogP contribution in [0, 0.1) is 5.92 Å². The van der Waals surface area contributed by atoms with Gasteiger partial charge in [-0.2, -0.15) is 4.80 Å². The minimum atomic E-state index is -0.957. The van der Waals surface area contributed by atoms with E-state index in [1.165, 1.54) is 4.80 Å². The number of nitrogens with one attached hydrogen (secondary N) is 2. The highest BCUT2D eigenvalue weighted by molar-refractivity contribution is 6.23. The van der Waals surface area contributed by atoms with Crippen molar-refractivity contribution >= 4 is 34.5 Å². The van der Waals surface area contributed by atoms with Crippen LogP contribution >= 0.6 is 0 Å². The number of carbonyl (C=O) groups excluding carboxylic acids is 4. The Morgan fingerprint density at radius 3 is 2.12 bits per heavy atom. The van der Waals surface area contributed by atoms with Gasteiger partial charge in [0.05, 0.1) is 30.8 Å². The highest BCUT2D eigenvalue weighted by Gasteiger charge is 2.38. The highest BCUT2D eigenvalue weighted by atomic mass is 16.6. The van der Waals surface area contributed by atoms with Crippen molar-refractivity contribution in [2.24, 2.45) is 13.0 Å². The fraction of sp³-hybridized carbons (Fsp3) is 0.483. The van der Waals surface area contributed by atoms with Crippen LogP contribution in [0.5, 0.6) is 0 Å². The molecule has 2 atom stereocenters. The largest absolute Gasteiger partial charge is 0.459 e. The van der Waals surface area contributed by atoms with E-state index in [2.05, 4.69) is 26.0 Å². The molecule has 2 N–H and O–H groups in total. The molecule has 1 aliphatic rings. The first kappa shape index (κ1) is 29.8. The van der Waals surface area contributed by atoms with E-state index in [1.54, 1.807) is 40.0 Å². The lowest BCUT2D eigenvalue weighted by Gasteiger charge is -2.29. The summed E-state index contributed by atoms with van der Waals surface area (Å²) in [6.45, 7) is 9.24. The third kappa shape index (κ3) is 7.31. The van der Waals surface area contributed by atoms with Crippen molar-refractivity contribution in [1.29, 1.82) is 0 Å². The maximum absolute atomic E-state index is 13.3. The summed E-state index contributed by atoms with van der Waals surface area (Å²) in [5.41, 5.74) is -0.101. The summed E-state index contributed by atoms with van der Waals surface area (Å²) in [6, 6.07) is 9.26. The molecular formula is C29H37N7O5. The van der Waals surface area contributed by atoms with Gasteiger partial charge >= 0.3 is 5.97 Å². The van der Waals surface area contributed by atoms with Crippen molar-refractivity contribution in [2.45, 2.75) is 71.7 Å². The lowest BCUT2D eigenvalue weighted by Crippen LogP contribution is -2.53. The van der Waals surface area contributed by atoms with E-state index in [4.69, 9.17) is 4.74 Å². The molecule has 0 bridgehead atoms. The highest BCUT2D eigenvalue weighted by Crippen LogP contribution is 2.28. The molecule has 12 heteroatoms. The van der Waals surface area contributed by atoms with Crippen molar-refractivity contribution in [1.82, 2.24) is 35.7 Å². The smallest absolute Gasteiger partial charge is 0.323 e. The molecule has 1 aromatic heterocycles. The van der Waals surface area contributed by atoms with Crippen LogP contribution in [0.1, 0.15) is 74.0 Å². The molecule has 2 aromatic carbocycles. The Morgan fingerprint density at radius 2 is 1.61 bits per heavy atom. The molecule has 1 aliphatic heterocycles. The standard InChI is InChI=1S/C29H37N7O5/c1-17(2)13-23(25(37)30-16-24-32-34-35(6)33-24)31-22(28(40)41-29(3,4)5)11-12-36-26(38)20-14-18-9-7-8-10-19(18)15-21(20)27(36)39/h7-10,14-15,17,22-23,31H,11-13,16H2,1-6H3,(H,30,37)/t22-,23+/m1/s1. The minimum absolute atomic E-state index is 0.0286. The number of hydrogen-bond acceptors (Lipinski definition) is 9. The summed E-state index contributed by atoms with van der Waals surface area (Å²) in [5, 5.41) is 19.4. The number of hydrogen-bond donors (Lipinski definition) is 2. The zero-order valence-electron chi connectivity index (χ0n) is 24.3. The topological polar surface area (TPSA) is 148 Å². The molecule has 0 unspecified atom stereocenters. The fourth-order valence-electron chi connectivity index (χ4n) is 4.73. The van der Waals surface area contributed by atoms with Crippen molar-refractivity contribution < 1.29 is 23.9 Å². The van der Waals surface area contributed by atoms with Crippen molar-refractivity contribution in [3.05, 3.63) is 53.3 Å². The zero-order chi connectivity index (χ0) is 29.9. The van der Waals surface area contributed by atoms with E-state index in [9.17, 15) is 19.2 Å². The van der Waals surface area contributed by atoms with Crippen LogP contribution in [-0.2, 0) is 27.9 Å². The second kappa shape index (κ2) is 12.1. The first-order valence-corrected chi connectivity index (χ1v) is 13.7. The van der Waals surface area contributed by atoms with Gasteiger partial charge in [0.2, 0.25) is 5.91 Å². The number of amides is 3. The third-order valence-electron chi connectivity index (χ3n) is 6.57. The van der Waals surface area contributed by atoms with Gasteiger partial charge < -0.3 is 10.1 Å². The first-order chi connectivity index (χ1) is 19.3. The molecule has 0 aliphatic carbocycles. The second-order valence-corrected chi connectivity index (χ2v) is 11.6. The van der Waals surface area contributed by atoms with Crippen molar-refractivity contribution in [2.75, 3.05) is 6.54 Å². The molecule has 0 fully saturated rings. The van der Waals surface area contributed by atoms with Gasteiger partial charge in [-0.3, -0.25) is 29.4 Å². The van der Waals surface area contributed by atoms with E-state index in [-0.39, 0.29) is 31.3 Å². The summed E-state index contributed by atoms with van der Waals surface area (Å²) in [4.78, 5) is 55.4. The molecule has 0 radical (unpaired) electrons. The number of imide groups is 1. The lowest BCUT2D eigenvalue weighted by molar-refractivity contribution is -0.158. The number of ether oxygens (including phenoxy) is 1. The molecular weight excluding hydrogens is 526 g/mol. The number of esters is 1. The predicted octanol–water partition coefficient (Wildman–Crippen LogP) is 2.38. The van der Waals surface area contributed by atoms with Crippen LogP contribution in [-0.4, -0.2) is 73.0 Å². The van der Waals surface area contributed by atoms with Crippen LogP contribution in [0.25, 0.3) is 10.8 Å². The van der Waals surface area contributed by atoms with Crippen LogP contribution < -0.4 is 10.6 Å². The summed E-state index contributed by atoms with van der Waals surface area (Å²) in [6.07, 6.45) is 0.492. The average molecular weight is 564 g/mol. The Kier molecular flexibility index (Phi) is 8.81. The minimum Gasteiger partial charge on any atom is -0.459 e. The molecule has 218 valence electrons. The molecule has 41 heavy (non-hydrogen) atoms. The molecule has 0 saturated heterocycles. The summed E-state index contributed by atoms with van der Waals surface area (Å²) >= 11 is 0. The van der Waals surface area contributed by atoms with Crippen LogP contribution in [0.3, 0.4) is 0 Å². The Morgan fingerprint density at radius 1 is 1.00 bits per heavy atom. The molecule has 2 heterocycles. The number of rotatable bonds is 11. The van der Waals surface area contributed by atoms with Crippen molar-refractivity contribution in [3.8, 4) is 0 Å². The third-order valence-corrected chi connectivity index (χ3v) is 6.57. The monoisotopic (exact) mass is 563 g/mol. The van der Waals surface area contributed by atoms with Crippen LogP contribution in [0.4, 0.5) is 0 Å². The number of carbonyl (C=O) groups is 4. The quantitative estimate of drug-likeness (QED) is 0.265. The lowest BCUT2D eigenvalue weighted by atomic mass is 10.0. The number of nitrogens with zero attached hydrogens (tertiary/aromatic N) is 5. The van der Waals surface area contributed by atoms with Gasteiger partial charge in [-0.25, -0.2) is 0 Å². The van der Waals surface area contributed by atoms with Gasteiger partial charge in [0, 0.05) is 6.54 Å². The first-order valence-electron chi connectivity index (χ1n) is 13.7. The maximum atomic E-state index is 13.3. The van der Waals surface area contributed by atoms with E-state index < -0.39 is 35.5 Å². The Bertz CT molecular complexity index is 1400. The van der Waals surface area contributed by atoms with Gasteiger partial charge in [-0.15, -0.1) is 10.2 Å². The Labute approximate surface area is 238 Å². The van der Waals surface area contributed by atoms with E-state index >= 15 is 0 Å². The van der Waals surface area contributed by atoms with E-state index in [0.717, 1.165) is 15.7 Å². The average Bonchev–Trinajstić information content (AvgIpc) is 3.41. The van der Waals surface area contributed by atoms with Gasteiger partial charge in [0.1, 0.15) is 11.6 Å². The molecule has 3 amide bonds.